The number of ether oxygens (including phenoxy) is 3. The highest BCUT2D eigenvalue weighted by Crippen LogP contribution is 2.63. The minimum Gasteiger partial charge on any atom is -0.507 e. The Morgan fingerprint density at radius 2 is 1.91 bits per heavy atom. The number of nitrogens with zero attached hydrogens (tertiary/aromatic N) is 1. The number of amidine groups is 1. The topological polar surface area (TPSA) is 184 Å². The molecule has 0 amide bonds. The molecule has 2 fully saturated rings. The largest absolute Gasteiger partial charge is 0.507 e. The van der Waals surface area contributed by atoms with Crippen LogP contribution in [0.5, 0.6) is 11.5 Å². The smallest absolute Gasteiger partial charge is 0.198 e. The van der Waals surface area contributed by atoms with Gasteiger partial charge in [0.05, 0.1) is 28.9 Å². The number of nitrogens with one attached hydrogen (secondary N) is 1. The molecule has 0 unspecified atom stereocenters. The molecule has 8 rings (SSSR count). The lowest BCUT2D eigenvalue weighted by Gasteiger charge is -2.46. The van der Waals surface area contributed by atoms with Crippen LogP contribution in [0.1, 0.15) is 95.0 Å². The maximum Gasteiger partial charge on any atom is 0.198 e. The van der Waals surface area contributed by atoms with Crippen LogP contribution in [-0.4, -0.2) is 85.6 Å². The summed E-state index contributed by atoms with van der Waals surface area (Å²) >= 11 is 0. The molecule has 2 saturated heterocycles. The summed E-state index contributed by atoms with van der Waals surface area (Å²) in [5, 5.41) is 47.7. The van der Waals surface area contributed by atoms with E-state index < -0.39 is 64.8 Å². The predicted molar refractivity (Wildman–Crippen MR) is 155 cm³/mol. The van der Waals surface area contributed by atoms with Gasteiger partial charge in [-0.05, 0) is 63.0 Å². The van der Waals surface area contributed by atoms with Gasteiger partial charge in [-0.25, -0.2) is 0 Å². The van der Waals surface area contributed by atoms with Crippen LogP contribution in [0.15, 0.2) is 40.9 Å². The first-order chi connectivity index (χ1) is 21.3. The Bertz CT molecular complexity index is 1800. The number of ketones is 3. The second-order valence-electron chi connectivity index (χ2n) is 13.1. The summed E-state index contributed by atoms with van der Waals surface area (Å²) in [4.78, 5) is 44.4. The number of benzene rings is 2. The fourth-order valence-electron chi connectivity index (χ4n) is 8.28. The zero-order valence-corrected chi connectivity index (χ0v) is 24.8. The number of hydrogen-bond donors (Lipinski definition) is 5. The molecule has 0 saturated carbocycles. The van der Waals surface area contributed by atoms with Gasteiger partial charge in [0.1, 0.15) is 23.4 Å². The second-order valence-corrected chi connectivity index (χ2v) is 13.1. The van der Waals surface area contributed by atoms with Crippen LogP contribution in [0.2, 0.25) is 0 Å². The van der Waals surface area contributed by atoms with Gasteiger partial charge < -0.3 is 40.0 Å². The van der Waals surface area contributed by atoms with Crippen LogP contribution in [0.3, 0.4) is 0 Å². The number of aromatic hydroxyl groups is 2. The van der Waals surface area contributed by atoms with E-state index in [-0.39, 0.29) is 40.2 Å². The van der Waals surface area contributed by atoms with Crippen molar-refractivity contribution in [1.29, 1.82) is 0 Å². The van der Waals surface area contributed by atoms with Crippen molar-refractivity contribution in [1.82, 2.24) is 5.32 Å². The maximum absolute atomic E-state index is 13.8. The fraction of sp³-hybridized carbons (Fsp3) is 0.455. The monoisotopic (exact) mass is 616 g/mol. The first-order valence-electron chi connectivity index (χ1n) is 15.1. The Morgan fingerprint density at radius 3 is 2.62 bits per heavy atom. The van der Waals surface area contributed by atoms with E-state index in [9.17, 15) is 34.8 Å². The first kappa shape index (κ1) is 28.5. The van der Waals surface area contributed by atoms with E-state index in [1.54, 1.807) is 0 Å². The molecule has 12 nitrogen and oxygen atoms in total. The van der Waals surface area contributed by atoms with E-state index in [0.717, 1.165) is 12.0 Å². The summed E-state index contributed by atoms with van der Waals surface area (Å²) in [6, 6.07) is 5.76. The zero-order valence-electron chi connectivity index (χ0n) is 24.8. The van der Waals surface area contributed by atoms with Crippen LogP contribution in [-0.2, 0) is 19.0 Å². The fourth-order valence-corrected chi connectivity index (χ4v) is 8.28. The van der Waals surface area contributed by atoms with Crippen molar-refractivity contribution in [2.75, 3.05) is 6.54 Å². The number of carbonyl (C=O) groups is 3. The number of carbonyl (C=O) groups excluding carboxylic acids is 3. The minimum absolute atomic E-state index is 0.00452. The second kappa shape index (κ2) is 9.08. The molecule has 8 atom stereocenters. The average molecular weight is 617 g/mol. The molecular formula is C33H32N2O10. The molecule has 2 aromatic carbocycles. The van der Waals surface area contributed by atoms with Gasteiger partial charge in [-0.2, -0.15) is 0 Å². The number of aliphatic hydroxyl groups is 2. The van der Waals surface area contributed by atoms with E-state index >= 15 is 0 Å². The van der Waals surface area contributed by atoms with Gasteiger partial charge in [0.2, 0.25) is 0 Å². The molecule has 0 aromatic heterocycles. The number of phenolic OH excluding ortho intramolecular Hbond substituents is 2. The average Bonchev–Trinajstić information content (AvgIpc) is 3.62. The lowest BCUT2D eigenvalue weighted by molar-refractivity contribution is -0.301. The van der Waals surface area contributed by atoms with Crippen molar-refractivity contribution in [3.63, 3.8) is 0 Å². The number of Topliss-reactive ketones (excluding diaryl/α,β-unsaturated/α-hetero) is 1. The summed E-state index contributed by atoms with van der Waals surface area (Å²) in [6.45, 7) is 5.13. The summed E-state index contributed by atoms with van der Waals surface area (Å²) in [5.41, 5.74) is -2.98. The Morgan fingerprint density at radius 1 is 1.16 bits per heavy atom. The van der Waals surface area contributed by atoms with Crippen LogP contribution in [0.4, 0.5) is 0 Å². The summed E-state index contributed by atoms with van der Waals surface area (Å²) < 4.78 is 19.3. The number of aliphatic hydroxyl groups excluding tert-OH is 1. The molecule has 2 bridgehead atoms. The van der Waals surface area contributed by atoms with Crippen molar-refractivity contribution in [2.24, 2.45) is 4.99 Å². The van der Waals surface area contributed by atoms with Crippen molar-refractivity contribution in [2.45, 2.75) is 87.5 Å². The lowest BCUT2D eigenvalue weighted by atomic mass is 9.69. The van der Waals surface area contributed by atoms with Crippen molar-refractivity contribution in [3.05, 3.63) is 69.3 Å². The number of hydrogen-bond acceptors (Lipinski definition) is 12. The van der Waals surface area contributed by atoms with Gasteiger partial charge >= 0.3 is 0 Å². The van der Waals surface area contributed by atoms with Gasteiger partial charge in [-0.1, -0.05) is 12.1 Å². The number of phenols is 2. The quantitative estimate of drug-likeness (QED) is 0.290. The molecule has 5 N–H and O–H groups in total. The molecule has 45 heavy (non-hydrogen) atoms. The highest BCUT2D eigenvalue weighted by molar-refractivity contribution is 6.30. The Kier molecular flexibility index (Phi) is 5.75. The first-order valence-corrected chi connectivity index (χ1v) is 15.1. The van der Waals surface area contributed by atoms with Gasteiger partial charge in [0.15, 0.2) is 35.0 Å². The van der Waals surface area contributed by atoms with E-state index in [1.165, 1.54) is 38.1 Å². The molecule has 1 spiro atoms. The number of rotatable bonds is 3. The maximum atomic E-state index is 13.8. The van der Waals surface area contributed by atoms with E-state index in [4.69, 9.17) is 14.2 Å². The molecule has 0 radical (unpaired) electrons. The molecule has 6 aliphatic rings. The van der Waals surface area contributed by atoms with E-state index in [0.29, 0.717) is 29.9 Å². The molecule has 12 heteroatoms. The number of fused-ring (bicyclic) bond motifs is 8. The normalized spacial score (nSPS) is 37.4. The van der Waals surface area contributed by atoms with Gasteiger partial charge in [-0.15, -0.1) is 0 Å². The molecule has 234 valence electrons. The molecular weight excluding hydrogens is 584 g/mol. The Balaban J connectivity index is 1.29. The SMILES string of the molecule is CC(=O)[C@]1(O)[C@H](O)C[C@H](O[C@@H]2c3cc4c(c(O)c3[C@H]3C[C@]2(C)O[C@]32C=C3CCN=C3N2)C(=O)c2cccc(O)c2C4=O)O[C@H]1C. The highest BCUT2D eigenvalue weighted by Gasteiger charge is 2.65. The van der Waals surface area contributed by atoms with E-state index in [2.05, 4.69) is 10.3 Å². The summed E-state index contributed by atoms with van der Waals surface area (Å²) in [5.74, 6) is -2.39. The lowest BCUT2D eigenvalue weighted by Crippen LogP contribution is -2.62. The minimum atomic E-state index is -2.12. The van der Waals surface area contributed by atoms with Crippen molar-refractivity contribution < 1.29 is 49.0 Å². The summed E-state index contributed by atoms with van der Waals surface area (Å²) in [6.07, 6.45) is -1.93. The van der Waals surface area contributed by atoms with Gasteiger partial charge in [0.25, 0.3) is 0 Å². The van der Waals surface area contributed by atoms with Gasteiger partial charge in [0, 0.05) is 35.6 Å². The third kappa shape index (κ3) is 3.59. The predicted octanol–water partition coefficient (Wildman–Crippen LogP) is 2.05. The Labute approximate surface area is 257 Å². The van der Waals surface area contributed by atoms with E-state index in [1.807, 2.05) is 13.0 Å². The molecule has 2 aliphatic carbocycles. The Hall–Kier alpha value is -3.94. The van der Waals surface area contributed by atoms with Crippen LogP contribution >= 0.6 is 0 Å². The van der Waals surface area contributed by atoms with Crippen molar-refractivity contribution in [3.8, 4) is 11.5 Å². The van der Waals surface area contributed by atoms with Gasteiger partial charge in [-0.3, -0.25) is 19.4 Å². The molecule has 2 aromatic rings. The zero-order chi connectivity index (χ0) is 31.8. The summed E-state index contributed by atoms with van der Waals surface area (Å²) in [7, 11) is 0. The van der Waals surface area contributed by atoms with Crippen molar-refractivity contribution >= 4 is 23.2 Å². The molecule has 4 heterocycles. The highest BCUT2D eigenvalue weighted by atomic mass is 16.7. The standard InChI is InChI=1S/C33H32N2O10/c1-13(36)33(42)14(2)43-22(10-21(33)38)44-29-18-9-17-25(26(39)16-5-4-6-20(37)24(16)27(17)40)28(41)23(18)19-12-31(29,3)45-32(19)11-15-7-8-34-30(15)35-32/h4-6,9,11,14,19,21-22,29,37-38,41-42H,7-8,10,12H2,1-3H3,(H,34,35)/t14-,19+,21+,22-,29+,31-,32+,33+/m0/s1. The van der Waals surface area contributed by atoms with Crippen LogP contribution in [0, 0.1) is 0 Å². The number of aliphatic imine (C=N–C) groups is 1. The third-order valence-electron chi connectivity index (χ3n) is 10.5. The van der Waals surface area contributed by atoms with Crippen LogP contribution < -0.4 is 5.32 Å². The van der Waals surface area contributed by atoms with Crippen LogP contribution in [0.25, 0.3) is 0 Å². The molecule has 4 aliphatic heterocycles. The third-order valence-corrected chi connectivity index (χ3v) is 10.5.